The van der Waals surface area contributed by atoms with Crippen LogP contribution in [0.1, 0.15) is 17.5 Å². The largest absolute Gasteiger partial charge is 0.495 e. The molecule has 6 nitrogen and oxygen atoms in total. The standard InChI is InChI=1S/C22H25N3O3/c1-4-13-25(22(26)23-19-7-5-6-8-21(19)27-3)15-18-14-20(24-28-18)17-11-9-16(2)10-12-17/h4-12,18H,1,13-15H2,2-3H3,(H,23,26)/t18-/m1/s1. The number of urea groups is 1. The molecule has 0 aromatic heterocycles. The van der Waals surface area contributed by atoms with Crippen LogP contribution in [0.4, 0.5) is 10.5 Å². The number of rotatable bonds is 7. The van der Waals surface area contributed by atoms with Crippen LogP contribution in [0.25, 0.3) is 0 Å². The third-order valence-corrected chi connectivity index (χ3v) is 4.53. The number of benzene rings is 2. The Kier molecular flexibility index (Phi) is 6.32. The van der Waals surface area contributed by atoms with E-state index in [0.717, 1.165) is 11.3 Å². The fourth-order valence-corrected chi connectivity index (χ4v) is 3.03. The molecule has 28 heavy (non-hydrogen) atoms. The van der Waals surface area contributed by atoms with Gasteiger partial charge in [-0.15, -0.1) is 6.58 Å². The van der Waals surface area contributed by atoms with Crippen LogP contribution in [0.5, 0.6) is 5.75 Å². The molecule has 0 fully saturated rings. The molecular formula is C22H25N3O3. The molecule has 0 saturated heterocycles. The fourth-order valence-electron chi connectivity index (χ4n) is 3.03. The Labute approximate surface area is 165 Å². The number of nitrogens with one attached hydrogen (secondary N) is 1. The average Bonchev–Trinajstić information content (AvgIpc) is 3.17. The number of anilines is 1. The Morgan fingerprint density at radius 2 is 2.07 bits per heavy atom. The number of para-hydroxylation sites is 2. The molecular weight excluding hydrogens is 354 g/mol. The summed E-state index contributed by atoms with van der Waals surface area (Å²) < 4.78 is 5.29. The lowest BCUT2D eigenvalue weighted by Gasteiger charge is -2.24. The summed E-state index contributed by atoms with van der Waals surface area (Å²) in [5.41, 5.74) is 3.76. The summed E-state index contributed by atoms with van der Waals surface area (Å²) in [6.45, 7) is 6.61. The molecule has 1 atom stereocenters. The molecule has 0 radical (unpaired) electrons. The molecule has 1 N–H and O–H groups in total. The average molecular weight is 379 g/mol. The molecule has 1 aliphatic rings. The van der Waals surface area contributed by atoms with Crippen molar-refractivity contribution in [2.45, 2.75) is 19.4 Å². The van der Waals surface area contributed by atoms with E-state index in [-0.39, 0.29) is 12.1 Å². The zero-order valence-corrected chi connectivity index (χ0v) is 16.2. The van der Waals surface area contributed by atoms with Crippen LogP contribution in [0.3, 0.4) is 0 Å². The highest BCUT2D eigenvalue weighted by atomic mass is 16.6. The number of amides is 2. The number of carbonyl (C=O) groups is 1. The number of hydrogen-bond donors (Lipinski definition) is 1. The first-order chi connectivity index (χ1) is 13.6. The monoisotopic (exact) mass is 379 g/mol. The zero-order chi connectivity index (χ0) is 19.9. The van der Waals surface area contributed by atoms with Gasteiger partial charge in [0.1, 0.15) is 5.75 Å². The van der Waals surface area contributed by atoms with Gasteiger partial charge in [0.2, 0.25) is 0 Å². The highest BCUT2D eigenvalue weighted by Gasteiger charge is 2.26. The Bertz CT molecular complexity index is 862. The second kappa shape index (κ2) is 9.08. The topological polar surface area (TPSA) is 63.2 Å². The maximum absolute atomic E-state index is 12.8. The lowest BCUT2D eigenvalue weighted by Crippen LogP contribution is -2.40. The first-order valence-electron chi connectivity index (χ1n) is 9.20. The Balaban J connectivity index is 1.62. The molecule has 146 valence electrons. The van der Waals surface area contributed by atoms with Crippen molar-refractivity contribution in [2.75, 3.05) is 25.5 Å². The van der Waals surface area contributed by atoms with Gasteiger partial charge >= 0.3 is 6.03 Å². The first-order valence-corrected chi connectivity index (χ1v) is 9.20. The predicted octanol–water partition coefficient (Wildman–Crippen LogP) is 4.22. The van der Waals surface area contributed by atoms with E-state index in [1.54, 1.807) is 30.2 Å². The highest BCUT2D eigenvalue weighted by Crippen LogP contribution is 2.24. The van der Waals surface area contributed by atoms with Crippen molar-refractivity contribution in [1.82, 2.24) is 4.90 Å². The van der Waals surface area contributed by atoms with E-state index in [1.807, 2.05) is 31.2 Å². The van der Waals surface area contributed by atoms with Gasteiger partial charge in [-0.1, -0.05) is 53.2 Å². The molecule has 1 aliphatic heterocycles. The maximum atomic E-state index is 12.8. The van der Waals surface area contributed by atoms with Gasteiger partial charge in [0.25, 0.3) is 0 Å². The van der Waals surface area contributed by atoms with Crippen LogP contribution in [-0.4, -0.2) is 42.9 Å². The number of aryl methyl sites for hydroxylation is 1. The van der Waals surface area contributed by atoms with Crippen LogP contribution >= 0.6 is 0 Å². The third kappa shape index (κ3) is 4.71. The summed E-state index contributed by atoms with van der Waals surface area (Å²) in [5, 5.41) is 7.10. The molecule has 6 heteroatoms. The van der Waals surface area contributed by atoms with Gasteiger partial charge in [0, 0.05) is 13.0 Å². The van der Waals surface area contributed by atoms with Crippen molar-refractivity contribution in [1.29, 1.82) is 0 Å². The van der Waals surface area contributed by atoms with E-state index < -0.39 is 0 Å². The van der Waals surface area contributed by atoms with Crippen molar-refractivity contribution in [3.8, 4) is 5.75 Å². The van der Waals surface area contributed by atoms with Crippen molar-refractivity contribution < 1.29 is 14.4 Å². The van der Waals surface area contributed by atoms with E-state index in [9.17, 15) is 4.79 Å². The number of carbonyl (C=O) groups excluding carboxylic acids is 1. The first kappa shape index (κ1) is 19.5. The molecule has 1 heterocycles. The summed E-state index contributed by atoms with van der Waals surface area (Å²) in [7, 11) is 1.57. The summed E-state index contributed by atoms with van der Waals surface area (Å²) in [6, 6.07) is 15.2. The van der Waals surface area contributed by atoms with Crippen molar-refractivity contribution in [3.63, 3.8) is 0 Å². The number of oxime groups is 1. The predicted molar refractivity (Wildman–Crippen MR) is 111 cm³/mol. The van der Waals surface area contributed by atoms with Crippen LogP contribution in [-0.2, 0) is 4.84 Å². The zero-order valence-electron chi connectivity index (χ0n) is 16.2. The van der Waals surface area contributed by atoms with Crippen LogP contribution < -0.4 is 10.1 Å². The molecule has 3 rings (SSSR count). The number of ether oxygens (including phenoxy) is 1. The van der Waals surface area contributed by atoms with E-state index in [1.165, 1.54) is 5.56 Å². The Hall–Kier alpha value is -3.28. The summed E-state index contributed by atoms with van der Waals surface area (Å²) in [5.74, 6) is 0.608. The lowest BCUT2D eigenvalue weighted by molar-refractivity contribution is 0.0645. The van der Waals surface area contributed by atoms with Gasteiger partial charge in [-0.25, -0.2) is 4.79 Å². The normalized spacial score (nSPS) is 15.4. The Morgan fingerprint density at radius 1 is 1.32 bits per heavy atom. The van der Waals surface area contributed by atoms with E-state index >= 15 is 0 Å². The van der Waals surface area contributed by atoms with E-state index in [2.05, 4.69) is 29.2 Å². The quantitative estimate of drug-likeness (QED) is 0.733. The molecule has 0 aliphatic carbocycles. The van der Waals surface area contributed by atoms with Crippen molar-refractivity contribution >= 4 is 17.4 Å². The minimum Gasteiger partial charge on any atom is -0.495 e. The molecule has 0 unspecified atom stereocenters. The molecule has 0 spiro atoms. The molecule has 2 aromatic carbocycles. The van der Waals surface area contributed by atoms with Crippen molar-refractivity contribution in [2.24, 2.45) is 5.16 Å². The number of hydrogen-bond acceptors (Lipinski definition) is 4. The molecule has 2 aromatic rings. The summed E-state index contributed by atoms with van der Waals surface area (Å²) in [6.07, 6.45) is 2.15. The van der Waals surface area contributed by atoms with Crippen LogP contribution in [0, 0.1) is 6.92 Å². The van der Waals surface area contributed by atoms with E-state index in [4.69, 9.17) is 9.57 Å². The minimum absolute atomic E-state index is 0.195. The summed E-state index contributed by atoms with van der Waals surface area (Å²) in [4.78, 5) is 20.0. The molecule has 0 bridgehead atoms. The number of methoxy groups -OCH3 is 1. The maximum Gasteiger partial charge on any atom is 0.322 e. The van der Waals surface area contributed by atoms with Gasteiger partial charge in [0.15, 0.2) is 6.10 Å². The lowest BCUT2D eigenvalue weighted by atomic mass is 10.0. The second-order valence-corrected chi connectivity index (χ2v) is 6.66. The van der Waals surface area contributed by atoms with E-state index in [0.29, 0.717) is 30.9 Å². The highest BCUT2D eigenvalue weighted by molar-refractivity contribution is 6.01. The Morgan fingerprint density at radius 3 is 2.79 bits per heavy atom. The van der Waals surface area contributed by atoms with Crippen LogP contribution in [0.2, 0.25) is 0 Å². The van der Waals surface area contributed by atoms with Crippen molar-refractivity contribution in [3.05, 3.63) is 72.3 Å². The van der Waals surface area contributed by atoms with Gasteiger partial charge in [-0.3, -0.25) is 0 Å². The third-order valence-electron chi connectivity index (χ3n) is 4.53. The smallest absolute Gasteiger partial charge is 0.322 e. The van der Waals surface area contributed by atoms with Crippen LogP contribution in [0.15, 0.2) is 66.3 Å². The molecule has 0 saturated carbocycles. The minimum atomic E-state index is -0.239. The van der Waals surface area contributed by atoms with Gasteiger partial charge in [0.05, 0.1) is 25.1 Å². The SMILES string of the molecule is C=CCN(C[C@H]1CC(c2ccc(C)cc2)=NO1)C(=O)Nc1ccccc1OC. The number of nitrogens with zero attached hydrogens (tertiary/aromatic N) is 2. The fraction of sp³-hybridized carbons (Fsp3) is 0.273. The van der Waals surface area contributed by atoms with Gasteiger partial charge in [-0.05, 0) is 24.6 Å². The summed E-state index contributed by atoms with van der Waals surface area (Å²) >= 11 is 0. The second-order valence-electron chi connectivity index (χ2n) is 6.66. The van der Waals surface area contributed by atoms with Gasteiger partial charge < -0.3 is 19.8 Å². The molecule has 2 amide bonds. The van der Waals surface area contributed by atoms with Gasteiger partial charge in [-0.2, -0.15) is 0 Å².